The molecule has 2 heterocycles. The van der Waals surface area contributed by atoms with Crippen LogP contribution in [0.25, 0.3) is 11.3 Å². The van der Waals surface area contributed by atoms with E-state index in [0.717, 1.165) is 13.1 Å². The van der Waals surface area contributed by atoms with Crippen molar-refractivity contribution in [2.24, 2.45) is 0 Å². The van der Waals surface area contributed by atoms with E-state index in [2.05, 4.69) is 10.1 Å². The predicted octanol–water partition coefficient (Wildman–Crippen LogP) is 1.80. The van der Waals surface area contributed by atoms with Crippen molar-refractivity contribution in [3.05, 3.63) is 29.5 Å². The number of methoxy groups -OCH3 is 2. The van der Waals surface area contributed by atoms with Crippen LogP contribution in [0.5, 0.6) is 11.5 Å². The Morgan fingerprint density at radius 1 is 1.19 bits per heavy atom. The van der Waals surface area contributed by atoms with Crippen molar-refractivity contribution >= 4 is 5.91 Å². The number of aromatic nitrogens is 1. The van der Waals surface area contributed by atoms with Gasteiger partial charge in [0.05, 0.1) is 14.2 Å². The molecule has 0 saturated carbocycles. The Kier molecular flexibility index (Phi) is 5.67. The first-order valence-electron chi connectivity index (χ1n) is 8.84. The molecule has 0 bridgehead atoms. The molecule has 1 N–H and O–H groups in total. The lowest BCUT2D eigenvalue weighted by atomic mass is 10.0. The number of likely N-dealkylation sites (N-methyl/N-ethyl adjacent to an activating group) is 1. The van der Waals surface area contributed by atoms with Gasteiger partial charge in [0, 0.05) is 31.7 Å². The lowest BCUT2D eigenvalue weighted by Gasteiger charge is -2.32. The van der Waals surface area contributed by atoms with Crippen LogP contribution in [0.15, 0.2) is 22.7 Å². The zero-order valence-electron chi connectivity index (χ0n) is 16.1. The molecular weight excluding hydrogens is 350 g/mol. The van der Waals surface area contributed by atoms with Crippen LogP contribution >= 0.6 is 0 Å². The molecule has 0 radical (unpaired) electrons. The van der Waals surface area contributed by atoms with E-state index in [-0.39, 0.29) is 11.7 Å². The number of carbonyl (C=O) groups excluding carboxylic acids is 1. The highest BCUT2D eigenvalue weighted by molar-refractivity contribution is 6.01. The van der Waals surface area contributed by atoms with Gasteiger partial charge in [0.1, 0.15) is 17.4 Å². The number of hydrogen-bond donors (Lipinski definition) is 1. The first kappa shape index (κ1) is 19.2. The van der Waals surface area contributed by atoms with Crippen LogP contribution in [0, 0.1) is 0 Å². The molecule has 146 valence electrons. The van der Waals surface area contributed by atoms with Crippen molar-refractivity contribution in [1.29, 1.82) is 0 Å². The molecule has 1 aromatic heterocycles. The fraction of sp³-hybridized carbons (Fsp3) is 0.474. The molecule has 1 amide bonds. The molecule has 0 aliphatic carbocycles. The first-order valence-corrected chi connectivity index (χ1v) is 8.84. The number of aliphatic hydroxyl groups is 1. The summed E-state index contributed by atoms with van der Waals surface area (Å²) in [5.41, 5.74) is 1.33. The molecule has 1 aromatic carbocycles. The maximum absolute atomic E-state index is 13.2. The molecule has 27 heavy (non-hydrogen) atoms. The zero-order valence-corrected chi connectivity index (χ0v) is 16.1. The average Bonchev–Trinajstić information content (AvgIpc) is 3.12. The molecule has 1 fully saturated rings. The molecular formula is C19H25N3O5. The summed E-state index contributed by atoms with van der Waals surface area (Å²) in [7, 11) is 5.13. The smallest absolute Gasteiger partial charge is 0.259 e. The Hall–Kier alpha value is -2.58. The van der Waals surface area contributed by atoms with Gasteiger partial charge in [-0.1, -0.05) is 5.16 Å². The third-order valence-corrected chi connectivity index (χ3v) is 4.76. The van der Waals surface area contributed by atoms with Gasteiger partial charge in [0.15, 0.2) is 17.3 Å². The van der Waals surface area contributed by atoms with Gasteiger partial charge >= 0.3 is 0 Å². The van der Waals surface area contributed by atoms with Gasteiger partial charge in [-0.2, -0.15) is 0 Å². The highest BCUT2D eigenvalue weighted by Crippen LogP contribution is 2.35. The minimum absolute atomic E-state index is 0.170. The molecule has 1 atom stereocenters. The lowest BCUT2D eigenvalue weighted by Crippen LogP contribution is -2.47. The van der Waals surface area contributed by atoms with Gasteiger partial charge in [0.2, 0.25) is 0 Å². The topological polar surface area (TPSA) is 88.3 Å². The van der Waals surface area contributed by atoms with Gasteiger partial charge in [-0.25, -0.2) is 0 Å². The van der Waals surface area contributed by atoms with Crippen LogP contribution in [-0.4, -0.2) is 73.4 Å². The third-order valence-electron chi connectivity index (χ3n) is 4.76. The predicted molar refractivity (Wildman–Crippen MR) is 99.1 cm³/mol. The minimum atomic E-state index is -0.946. The number of carbonyl (C=O) groups is 1. The van der Waals surface area contributed by atoms with Crippen molar-refractivity contribution in [2.75, 3.05) is 47.4 Å². The van der Waals surface area contributed by atoms with Crippen molar-refractivity contribution in [3.63, 3.8) is 0 Å². The highest BCUT2D eigenvalue weighted by Gasteiger charge is 2.31. The molecule has 3 rings (SSSR count). The van der Waals surface area contributed by atoms with E-state index in [1.54, 1.807) is 44.2 Å². The second-order valence-electron chi connectivity index (χ2n) is 6.61. The molecule has 1 aliphatic rings. The van der Waals surface area contributed by atoms with E-state index >= 15 is 0 Å². The third kappa shape index (κ3) is 3.77. The highest BCUT2D eigenvalue weighted by atomic mass is 16.5. The maximum atomic E-state index is 13.2. The Morgan fingerprint density at radius 2 is 1.85 bits per heavy atom. The van der Waals surface area contributed by atoms with Crippen LogP contribution in [0.2, 0.25) is 0 Å². The zero-order chi connectivity index (χ0) is 19.6. The van der Waals surface area contributed by atoms with Crippen molar-refractivity contribution in [2.45, 2.75) is 13.0 Å². The summed E-state index contributed by atoms with van der Waals surface area (Å²) < 4.78 is 16.0. The van der Waals surface area contributed by atoms with Gasteiger partial charge < -0.3 is 28.9 Å². The molecule has 1 aliphatic heterocycles. The summed E-state index contributed by atoms with van der Waals surface area (Å²) in [5.74, 6) is 1.08. The Balaban J connectivity index is 2.03. The molecule has 8 nitrogen and oxygen atoms in total. The Bertz CT molecular complexity index is 810. The SMILES string of the molecule is COc1ccc(-c2noc(C(C)O)c2C(=O)N2CCN(C)CC2)cc1OC. The van der Waals surface area contributed by atoms with E-state index in [0.29, 0.717) is 41.4 Å². The molecule has 8 heteroatoms. The normalized spacial score (nSPS) is 16.3. The van der Waals surface area contributed by atoms with Crippen LogP contribution < -0.4 is 9.47 Å². The number of ether oxygens (including phenoxy) is 2. The molecule has 2 aromatic rings. The number of hydrogen-bond acceptors (Lipinski definition) is 7. The molecule has 1 unspecified atom stereocenters. The summed E-state index contributed by atoms with van der Waals surface area (Å²) in [6, 6.07) is 5.27. The Morgan fingerprint density at radius 3 is 2.44 bits per heavy atom. The minimum Gasteiger partial charge on any atom is -0.493 e. The van der Waals surface area contributed by atoms with Crippen LogP contribution in [-0.2, 0) is 0 Å². The fourth-order valence-corrected chi connectivity index (χ4v) is 3.14. The summed E-state index contributed by atoms with van der Waals surface area (Å²) in [5, 5.41) is 14.2. The summed E-state index contributed by atoms with van der Waals surface area (Å²) in [6.45, 7) is 4.38. The number of piperazine rings is 1. The van der Waals surface area contributed by atoms with Crippen molar-refractivity contribution in [1.82, 2.24) is 15.0 Å². The summed E-state index contributed by atoms with van der Waals surface area (Å²) >= 11 is 0. The first-order chi connectivity index (χ1) is 13.0. The van der Waals surface area contributed by atoms with Crippen molar-refractivity contribution in [3.8, 4) is 22.8 Å². The summed E-state index contributed by atoms with van der Waals surface area (Å²) in [4.78, 5) is 17.1. The number of nitrogens with zero attached hydrogens (tertiary/aromatic N) is 3. The summed E-state index contributed by atoms with van der Waals surface area (Å²) in [6.07, 6.45) is -0.946. The number of rotatable bonds is 5. The Labute approximate surface area is 158 Å². The van der Waals surface area contributed by atoms with E-state index in [1.807, 2.05) is 7.05 Å². The van der Waals surface area contributed by atoms with E-state index < -0.39 is 6.10 Å². The van der Waals surface area contributed by atoms with Crippen LogP contribution in [0.4, 0.5) is 0 Å². The largest absolute Gasteiger partial charge is 0.493 e. The maximum Gasteiger partial charge on any atom is 0.259 e. The second kappa shape index (κ2) is 7.98. The number of benzene rings is 1. The standard InChI is InChI=1S/C19H25N3O5/c1-12(23)18-16(19(24)22-9-7-21(2)8-10-22)17(20-27-18)13-5-6-14(25-3)15(11-13)26-4/h5-6,11-12,23H,7-10H2,1-4H3. The average molecular weight is 375 g/mol. The van der Waals surface area contributed by atoms with E-state index in [1.165, 1.54) is 0 Å². The molecule has 0 spiro atoms. The van der Waals surface area contributed by atoms with Crippen LogP contribution in [0.3, 0.4) is 0 Å². The van der Waals surface area contributed by atoms with Crippen molar-refractivity contribution < 1.29 is 23.9 Å². The molecule has 1 saturated heterocycles. The van der Waals surface area contributed by atoms with Gasteiger partial charge in [-0.05, 0) is 32.2 Å². The van der Waals surface area contributed by atoms with E-state index in [4.69, 9.17) is 14.0 Å². The number of aliphatic hydroxyl groups excluding tert-OH is 1. The van der Waals surface area contributed by atoms with E-state index in [9.17, 15) is 9.90 Å². The number of amides is 1. The quantitative estimate of drug-likeness (QED) is 0.852. The second-order valence-corrected chi connectivity index (χ2v) is 6.61. The fourth-order valence-electron chi connectivity index (χ4n) is 3.14. The lowest BCUT2D eigenvalue weighted by molar-refractivity contribution is 0.0654. The monoisotopic (exact) mass is 375 g/mol. The van der Waals surface area contributed by atoms with Gasteiger partial charge in [-0.15, -0.1) is 0 Å². The van der Waals surface area contributed by atoms with Crippen LogP contribution in [0.1, 0.15) is 29.1 Å². The van der Waals surface area contributed by atoms with Gasteiger partial charge in [0.25, 0.3) is 5.91 Å². The van der Waals surface area contributed by atoms with Gasteiger partial charge in [-0.3, -0.25) is 4.79 Å².